The summed E-state index contributed by atoms with van der Waals surface area (Å²) in [4.78, 5) is 26.8. The van der Waals surface area contributed by atoms with Gasteiger partial charge in [0.05, 0.1) is 12.8 Å². The first-order valence-corrected chi connectivity index (χ1v) is 7.83. The van der Waals surface area contributed by atoms with Crippen molar-refractivity contribution in [3.05, 3.63) is 59.5 Å². The normalized spacial score (nSPS) is 17.3. The number of nitrogens with zero attached hydrogens (tertiary/aromatic N) is 1. The summed E-state index contributed by atoms with van der Waals surface area (Å²) in [7, 11) is 0. The van der Waals surface area contributed by atoms with Crippen LogP contribution in [0.5, 0.6) is 0 Å². The quantitative estimate of drug-likeness (QED) is 0.943. The molecule has 2 aromatic rings. The van der Waals surface area contributed by atoms with E-state index in [4.69, 9.17) is 4.42 Å². The van der Waals surface area contributed by atoms with Crippen molar-refractivity contribution in [3.63, 3.8) is 0 Å². The smallest absolute Gasteiger partial charge is 0.254 e. The minimum atomic E-state index is -0.405. The number of amides is 2. The van der Waals surface area contributed by atoms with Crippen LogP contribution in [-0.4, -0.2) is 29.3 Å². The lowest BCUT2D eigenvalue weighted by molar-refractivity contribution is -0.125. The van der Waals surface area contributed by atoms with Crippen LogP contribution in [0.2, 0.25) is 0 Å². The summed E-state index contributed by atoms with van der Waals surface area (Å²) in [6.45, 7) is 2.91. The third kappa shape index (κ3) is 3.44. The molecule has 1 aromatic carbocycles. The Morgan fingerprint density at radius 2 is 2.17 bits per heavy atom. The Morgan fingerprint density at radius 3 is 2.91 bits per heavy atom. The second-order valence-electron chi connectivity index (χ2n) is 5.82. The van der Waals surface area contributed by atoms with Crippen molar-refractivity contribution in [1.82, 2.24) is 10.2 Å². The van der Waals surface area contributed by atoms with Gasteiger partial charge < -0.3 is 14.6 Å². The van der Waals surface area contributed by atoms with E-state index in [0.717, 1.165) is 12.0 Å². The number of aryl methyl sites for hydroxylation is 1. The highest BCUT2D eigenvalue weighted by molar-refractivity contribution is 5.98. The summed E-state index contributed by atoms with van der Waals surface area (Å²) < 4.78 is 5.21. The van der Waals surface area contributed by atoms with Crippen molar-refractivity contribution in [2.75, 3.05) is 6.54 Å². The lowest BCUT2D eigenvalue weighted by atomic mass is 10.1. The van der Waals surface area contributed by atoms with Gasteiger partial charge in [-0.25, -0.2) is 0 Å². The lowest BCUT2D eigenvalue weighted by Gasteiger charge is -2.24. The minimum absolute atomic E-state index is 0.0793. The second kappa shape index (κ2) is 6.69. The van der Waals surface area contributed by atoms with Crippen LogP contribution < -0.4 is 5.32 Å². The number of carbonyl (C=O) groups is 2. The maximum atomic E-state index is 12.7. The van der Waals surface area contributed by atoms with Gasteiger partial charge in [-0.3, -0.25) is 9.59 Å². The minimum Gasteiger partial charge on any atom is -0.467 e. The highest BCUT2D eigenvalue weighted by Crippen LogP contribution is 2.21. The fraction of sp³-hybridized carbons (Fsp3) is 0.333. The van der Waals surface area contributed by atoms with Gasteiger partial charge in [-0.1, -0.05) is 17.7 Å². The number of likely N-dealkylation sites (tertiary alicyclic amines) is 1. The first-order chi connectivity index (χ1) is 11.1. The first-order valence-electron chi connectivity index (χ1n) is 7.83. The molecule has 2 heterocycles. The Bertz CT molecular complexity index is 694. The van der Waals surface area contributed by atoms with Crippen molar-refractivity contribution in [1.29, 1.82) is 0 Å². The summed E-state index contributed by atoms with van der Waals surface area (Å²) in [5.74, 6) is 0.497. The molecule has 23 heavy (non-hydrogen) atoms. The first kappa shape index (κ1) is 15.3. The molecule has 1 unspecified atom stereocenters. The molecule has 1 atom stereocenters. The number of hydrogen-bond donors (Lipinski definition) is 1. The maximum Gasteiger partial charge on any atom is 0.254 e. The van der Waals surface area contributed by atoms with Gasteiger partial charge in [-0.05, 0) is 44.0 Å². The van der Waals surface area contributed by atoms with Crippen molar-refractivity contribution < 1.29 is 14.0 Å². The fourth-order valence-corrected chi connectivity index (χ4v) is 2.93. The van der Waals surface area contributed by atoms with Crippen molar-refractivity contribution in [2.45, 2.75) is 32.4 Å². The van der Waals surface area contributed by atoms with Crippen LogP contribution in [-0.2, 0) is 11.3 Å². The summed E-state index contributed by atoms with van der Waals surface area (Å²) in [5, 5.41) is 2.85. The van der Waals surface area contributed by atoms with Crippen LogP contribution in [0.4, 0.5) is 0 Å². The predicted octanol–water partition coefficient (Wildman–Crippen LogP) is 2.51. The molecule has 2 amide bonds. The van der Waals surface area contributed by atoms with Gasteiger partial charge in [-0.15, -0.1) is 0 Å². The Labute approximate surface area is 135 Å². The Balaban J connectivity index is 1.67. The van der Waals surface area contributed by atoms with E-state index in [0.29, 0.717) is 30.8 Å². The molecule has 0 saturated carbocycles. The molecule has 0 aliphatic carbocycles. The van der Waals surface area contributed by atoms with Crippen LogP contribution in [0, 0.1) is 6.92 Å². The standard InChI is InChI=1S/C18H20N2O3/c1-13-5-2-6-14(11-13)18(22)20-9-3-8-16(20)17(21)19-12-15-7-4-10-23-15/h2,4-7,10-11,16H,3,8-9,12H2,1H3,(H,19,21). The zero-order chi connectivity index (χ0) is 16.2. The van der Waals surface area contributed by atoms with E-state index in [1.165, 1.54) is 0 Å². The van der Waals surface area contributed by atoms with E-state index < -0.39 is 6.04 Å². The molecule has 1 saturated heterocycles. The molecule has 0 spiro atoms. The second-order valence-corrected chi connectivity index (χ2v) is 5.82. The molecule has 1 aliphatic rings. The van der Waals surface area contributed by atoms with Crippen molar-refractivity contribution >= 4 is 11.8 Å². The summed E-state index contributed by atoms with van der Waals surface area (Å²) in [5.41, 5.74) is 1.67. The van der Waals surface area contributed by atoms with E-state index in [1.54, 1.807) is 23.3 Å². The average Bonchev–Trinajstić information content (AvgIpc) is 3.23. The summed E-state index contributed by atoms with van der Waals surface area (Å²) in [6.07, 6.45) is 3.11. The largest absolute Gasteiger partial charge is 0.467 e. The monoisotopic (exact) mass is 312 g/mol. The fourth-order valence-electron chi connectivity index (χ4n) is 2.93. The molecule has 1 fully saturated rings. The number of nitrogens with one attached hydrogen (secondary N) is 1. The number of carbonyl (C=O) groups excluding carboxylic acids is 2. The van der Waals surface area contributed by atoms with Crippen molar-refractivity contribution in [3.8, 4) is 0 Å². The van der Waals surface area contributed by atoms with Crippen molar-refractivity contribution in [2.24, 2.45) is 0 Å². The Kier molecular flexibility index (Phi) is 4.46. The number of rotatable bonds is 4. The average molecular weight is 312 g/mol. The third-order valence-electron chi connectivity index (χ3n) is 4.10. The van der Waals surface area contributed by atoms with Crippen LogP contribution in [0.15, 0.2) is 47.1 Å². The number of furan rings is 1. The molecular weight excluding hydrogens is 292 g/mol. The highest BCUT2D eigenvalue weighted by atomic mass is 16.3. The zero-order valence-electron chi connectivity index (χ0n) is 13.1. The topological polar surface area (TPSA) is 62.6 Å². The molecule has 0 bridgehead atoms. The highest BCUT2D eigenvalue weighted by Gasteiger charge is 2.34. The Hall–Kier alpha value is -2.56. The maximum absolute atomic E-state index is 12.7. The molecule has 5 nitrogen and oxygen atoms in total. The number of hydrogen-bond acceptors (Lipinski definition) is 3. The molecule has 1 aliphatic heterocycles. The molecule has 3 rings (SSSR count). The van der Waals surface area contributed by atoms with Gasteiger partial charge in [0, 0.05) is 12.1 Å². The van der Waals surface area contributed by atoms with Gasteiger partial charge >= 0.3 is 0 Å². The third-order valence-corrected chi connectivity index (χ3v) is 4.10. The van der Waals surface area contributed by atoms with E-state index >= 15 is 0 Å². The molecule has 5 heteroatoms. The summed E-state index contributed by atoms with van der Waals surface area (Å²) in [6, 6.07) is 10.7. The van der Waals surface area contributed by atoms with Gasteiger partial charge in [-0.2, -0.15) is 0 Å². The van der Waals surface area contributed by atoms with Crippen LogP contribution in [0.1, 0.15) is 34.5 Å². The van der Waals surface area contributed by atoms with Crippen LogP contribution in [0.25, 0.3) is 0 Å². The zero-order valence-corrected chi connectivity index (χ0v) is 13.1. The van der Waals surface area contributed by atoms with E-state index in [9.17, 15) is 9.59 Å². The van der Waals surface area contributed by atoms with Gasteiger partial charge in [0.2, 0.25) is 5.91 Å². The van der Waals surface area contributed by atoms with E-state index in [-0.39, 0.29) is 11.8 Å². The van der Waals surface area contributed by atoms with Gasteiger partial charge in [0.1, 0.15) is 11.8 Å². The van der Waals surface area contributed by atoms with E-state index in [2.05, 4.69) is 5.32 Å². The molecule has 0 radical (unpaired) electrons. The van der Waals surface area contributed by atoms with Crippen LogP contribution in [0.3, 0.4) is 0 Å². The Morgan fingerprint density at radius 1 is 1.30 bits per heavy atom. The number of benzene rings is 1. The summed E-state index contributed by atoms with van der Waals surface area (Å²) >= 11 is 0. The SMILES string of the molecule is Cc1cccc(C(=O)N2CCCC2C(=O)NCc2ccco2)c1. The lowest BCUT2D eigenvalue weighted by Crippen LogP contribution is -2.45. The van der Waals surface area contributed by atoms with Gasteiger partial charge in [0.25, 0.3) is 5.91 Å². The van der Waals surface area contributed by atoms with Crippen LogP contribution >= 0.6 is 0 Å². The molecule has 1 aromatic heterocycles. The predicted molar refractivity (Wildman–Crippen MR) is 85.8 cm³/mol. The molecular formula is C18H20N2O3. The van der Waals surface area contributed by atoms with Gasteiger partial charge in [0.15, 0.2) is 0 Å². The van der Waals surface area contributed by atoms with E-state index in [1.807, 2.05) is 31.2 Å². The molecule has 1 N–H and O–H groups in total. The molecule has 120 valence electrons.